The van der Waals surface area contributed by atoms with Gasteiger partial charge in [0.25, 0.3) is 0 Å². The van der Waals surface area contributed by atoms with Crippen LogP contribution < -0.4 is 10.1 Å². The van der Waals surface area contributed by atoms with Gasteiger partial charge in [-0.3, -0.25) is 4.79 Å². The van der Waals surface area contributed by atoms with Gasteiger partial charge in [-0.25, -0.2) is 0 Å². The molecule has 1 saturated heterocycles. The number of amides is 1. The average molecular weight is 274 g/mol. The summed E-state index contributed by atoms with van der Waals surface area (Å²) in [6.07, 6.45) is 5.41. The molecule has 0 atom stereocenters. The van der Waals surface area contributed by atoms with Crippen LogP contribution in [0.1, 0.15) is 18.4 Å². The fourth-order valence-corrected chi connectivity index (χ4v) is 2.37. The molecule has 108 valence electrons. The number of ether oxygens (including phenoxy) is 1. The minimum absolute atomic E-state index is 0.0366. The Kier molecular flexibility index (Phi) is 5.18. The van der Waals surface area contributed by atoms with E-state index in [-0.39, 0.29) is 5.91 Å². The number of hydrogen-bond acceptors (Lipinski definition) is 3. The number of hydrogen-bond donors (Lipinski definition) is 1. The molecule has 1 amide bonds. The van der Waals surface area contributed by atoms with E-state index in [4.69, 9.17) is 4.74 Å². The normalized spacial score (nSPS) is 17.3. The van der Waals surface area contributed by atoms with Gasteiger partial charge in [0.1, 0.15) is 5.75 Å². The predicted molar refractivity (Wildman–Crippen MR) is 80.7 cm³/mol. The number of piperidine rings is 1. The number of methoxy groups -OCH3 is 1. The highest BCUT2D eigenvalue weighted by Gasteiger charge is 2.17. The van der Waals surface area contributed by atoms with Crippen LogP contribution >= 0.6 is 0 Å². The van der Waals surface area contributed by atoms with Crippen LogP contribution in [0.3, 0.4) is 0 Å². The highest BCUT2D eigenvalue weighted by atomic mass is 16.5. The monoisotopic (exact) mass is 274 g/mol. The molecule has 1 aromatic carbocycles. The highest BCUT2D eigenvalue weighted by Crippen LogP contribution is 2.18. The molecule has 1 N–H and O–H groups in total. The molecule has 0 aliphatic carbocycles. The van der Waals surface area contributed by atoms with Crippen LogP contribution in [0.15, 0.2) is 30.3 Å². The zero-order chi connectivity index (χ0) is 14.4. The SMILES string of the molecule is COc1ccccc1/C=C/C(=O)NC1CCN(C)CC1. The first-order chi connectivity index (χ1) is 9.69. The molecule has 1 fully saturated rings. The van der Waals surface area contributed by atoms with Crippen LogP contribution in [0.2, 0.25) is 0 Å². The summed E-state index contributed by atoms with van der Waals surface area (Å²) in [7, 11) is 3.74. The Balaban J connectivity index is 1.89. The van der Waals surface area contributed by atoms with Gasteiger partial charge in [0.05, 0.1) is 7.11 Å². The van der Waals surface area contributed by atoms with E-state index in [1.807, 2.05) is 24.3 Å². The van der Waals surface area contributed by atoms with E-state index in [9.17, 15) is 4.79 Å². The van der Waals surface area contributed by atoms with Crippen LogP contribution in [-0.2, 0) is 4.79 Å². The van der Waals surface area contributed by atoms with Crippen molar-refractivity contribution < 1.29 is 9.53 Å². The van der Waals surface area contributed by atoms with E-state index in [2.05, 4.69) is 17.3 Å². The third kappa shape index (κ3) is 4.10. The van der Waals surface area contributed by atoms with Crippen LogP contribution in [-0.4, -0.2) is 44.1 Å². The van der Waals surface area contributed by atoms with Crippen LogP contribution in [0.5, 0.6) is 5.75 Å². The smallest absolute Gasteiger partial charge is 0.244 e. The Hall–Kier alpha value is -1.81. The van der Waals surface area contributed by atoms with E-state index >= 15 is 0 Å². The van der Waals surface area contributed by atoms with Gasteiger partial charge in [-0.15, -0.1) is 0 Å². The lowest BCUT2D eigenvalue weighted by atomic mass is 10.1. The summed E-state index contributed by atoms with van der Waals surface area (Å²) in [5.74, 6) is 0.737. The third-order valence-corrected chi connectivity index (χ3v) is 3.62. The Bertz CT molecular complexity index is 477. The van der Waals surface area contributed by atoms with Crippen molar-refractivity contribution in [3.05, 3.63) is 35.9 Å². The summed E-state index contributed by atoms with van der Waals surface area (Å²) in [6.45, 7) is 2.09. The Morgan fingerprint density at radius 3 is 2.75 bits per heavy atom. The molecule has 1 aliphatic rings. The van der Waals surface area contributed by atoms with Crippen molar-refractivity contribution in [1.29, 1.82) is 0 Å². The van der Waals surface area contributed by atoms with Crippen molar-refractivity contribution in [2.24, 2.45) is 0 Å². The van der Waals surface area contributed by atoms with Gasteiger partial charge >= 0.3 is 0 Å². The van der Waals surface area contributed by atoms with Crippen molar-refractivity contribution in [3.8, 4) is 5.75 Å². The van der Waals surface area contributed by atoms with Gasteiger partial charge in [-0.05, 0) is 45.1 Å². The summed E-state index contributed by atoms with van der Waals surface area (Å²) >= 11 is 0. The highest BCUT2D eigenvalue weighted by molar-refractivity contribution is 5.92. The van der Waals surface area contributed by atoms with E-state index in [0.29, 0.717) is 6.04 Å². The molecule has 0 bridgehead atoms. The molecular weight excluding hydrogens is 252 g/mol. The quantitative estimate of drug-likeness (QED) is 0.853. The van der Waals surface area contributed by atoms with Crippen molar-refractivity contribution in [2.45, 2.75) is 18.9 Å². The van der Waals surface area contributed by atoms with Crippen LogP contribution in [0.4, 0.5) is 0 Å². The molecule has 1 aromatic rings. The van der Waals surface area contributed by atoms with Crippen molar-refractivity contribution in [2.75, 3.05) is 27.2 Å². The number of rotatable bonds is 4. The van der Waals surface area contributed by atoms with Crippen molar-refractivity contribution >= 4 is 12.0 Å². The zero-order valence-electron chi connectivity index (χ0n) is 12.1. The molecule has 0 spiro atoms. The van der Waals surface area contributed by atoms with Crippen molar-refractivity contribution in [3.63, 3.8) is 0 Å². The minimum Gasteiger partial charge on any atom is -0.496 e. The number of nitrogens with one attached hydrogen (secondary N) is 1. The summed E-state index contributed by atoms with van der Waals surface area (Å²) in [4.78, 5) is 14.2. The molecular formula is C16H22N2O2. The zero-order valence-corrected chi connectivity index (χ0v) is 12.1. The summed E-state index contributed by atoms with van der Waals surface area (Å²) in [5, 5.41) is 3.05. The van der Waals surface area contributed by atoms with Gasteiger partial charge in [-0.2, -0.15) is 0 Å². The number of carbonyl (C=O) groups is 1. The molecule has 2 rings (SSSR count). The first-order valence-corrected chi connectivity index (χ1v) is 6.99. The maximum absolute atomic E-state index is 11.9. The fraction of sp³-hybridized carbons (Fsp3) is 0.438. The van der Waals surface area contributed by atoms with Crippen molar-refractivity contribution in [1.82, 2.24) is 10.2 Å². The Morgan fingerprint density at radius 2 is 2.05 bits per heavy atom. The van der Waals surface area contributed by atoms with Gasteiger partial charge in [0.2, 0.25) is 5.91 Å². The molecule has 1 aliphatic heterocycles. The number of para-hydroxylation sites is 1. The van der Waals surface area contributed by atoms with Crippen LogP contribution in [0.25, 0.3) is 6.08 Å². The fourth-order valence-electron chi connectivity index (χ4n) is 2.37. The van der Waals surface area contributed by atoms with Gasteiger partial charge in [0.15, 0.2) is 0 Å². The van der Waals surface area contributed by atoms with Gasteiger partial charge in [-0.1, -0.05) is 18.2 Å². The number of benzene rings is 1. The second kappa shape index (κ2) is 7.10. The summed E-state index contributed by atoms with van der Waals surface area (Å²) < 4.78 is 5.25. The second-order valence-corrected chi connectivity index (χ2v) is 5.16. The molecule has 0 aromatic heterocycles. The third-order valence-electron chi connectivity index (χ3n) is 3.62. The Labute approximate surface area is 120 Å². The molecule has 0 saturated carbocycles. The standard InChI is InChI=1S/C16H22N2O2/c1-18-11-9-14(10-12-18)17-16(19)8-7-13-5-3-4-6-15(13)20-2/h3-8,14H,9-12H2,1-2H3,(H,17,19)/b8-7+. The summed E-state index contributed by atoms with van der Waals surface area (Å²) in [6, 6.07) is 7.94. The molecule has 20 heavy (non-hydrogen) atoms. The number of nitrogens with zero attached hydrogens (tertiary/aromatic N) is 1. The minimum atomic E-state index is -0.0366. The molecule has 4 heteroatoms. The van der Waals surface area contributed by atoms with Gasteiger partial charge in [0, 0.05) is 17.7 Å². The van der Waals surface area contributed by atoms with E-state index in [1.54, 1.807) is 19.3 Å². The lowest BCUT2D eigenvalue weighted by molar-refractivity contribution is -0.117. The molecule has 1 heterocycles. The average Bonchev–Trinajstić information content (AvgIpc) is 2.48. The maximum Gasteiger partial charge on any atom is 0.244 e. The molecule has 4 nitrogen and oxygen atoms in total. The first-order valence-electron chi connectivity index (χ1n) is 6.99. The van der Waals surface area contributed by atoms with Gasteiger partial charge < -0.3 is 15.0 Å². The lowest BCUT2D eigenvalue weighted by Crippen LogP contribution is -2.42. The Morgan fingerprint density at radius 1 is 1.35 bits per heavy atom. The number of carbonyl (C=O) groups excluding carboxylic acids is 1. The van der Waals surface area contributed by atoms with E-state index in [1.165, 1.54) is 0 Å². The number of likely N-dealkylation sites (tertiary alicyclic amines) is 1. The maximum atomic E-state index is 11.9. The topological polar surface area (TPSA) is 41.6 Å². The molecule has 0 unspecified atom stereocenters. The molecule has 0 radical (unpaired) electrons. The van der Waals surface area contributed by atoms with E-state index < -0.39 is 0 Å². The van der Waals surface area contributed by atoms with E-state index in [0.717, 1.165) is 37.2 Å². The largest absolute Gasteiger partial charge is 0.496 e. The second-order valence-electron chi connectivity index (χ2n) is 5.16. The lowest BCUT2D eigenvalue weighted by Gasteiger charge is -2.29. The summed E-state index contributed by atoms with van der Waals surface area (Å²) in [5.41, 5.74) is 0.911. The first kappa shape index (κ1) is 14.6. The van der Waals surface area contributed by atoms with Crippen LogP contribution in [0, 0.1) is 0 Å². The predicted octanol–water partition coefficient (Wildman–Crippen LogP) is 1.92.